The standard InChI is InChI=1S/C23H25N5O2/c29-22-28(19-7-4-12-24-15-19)16-23(30-22)10-8-17(9-11-23)14-25-21-13-20(26-27-21)18-5-2-1-3-6-18/h1-7,12-13,15,17H,8-11,14,16H2,(H2,25,26,27)/t17-,23-. The molecule has 0 unspecified atom stereocenters. The fourth-order valence-corrected chi connectivity index (χ4v) is 4.43. The van der Waals surface area contributed by atoms with Crippen molar-refractivity contribution < 1.29 is 9.53 Å². The number of amides is 1. The molecule has 2 aromatic heterocycles. The summed E-state index contributed by atoms with van der Waals surface area (Å²) in [7, 11) is 0. The highest BCUT2D eigenvalue weighted by Crippen LogP contribution is 2.40. The number of aromatic nitrogens is 3. The molecule has 0 atom stereocenters. The number of nitrogens with one attached hydrogen (secondary N) is 2. The first-order chi connectivity index (χ1) is 14.7. The minimum atomic E-state index is -0.365. The summed E-state index contributed by atoms with van der Waals surface area (Å²) in [4.78, 5) is 18.2. The number of hydrogen-bond donors (Lipinski definition) is 2. The number of benzene rings is 1. The molecule has 0 bridgehead atoms. The van der Waals surface area contributed by atoms with E-state index < -0.39 is 0 Å². The van der Waals surface area contributed by atoms with Crippen LogP contribution in [0.1, 0.15) is 25.7 Å². The van der Waals surface area contributed by atoms with Crippen molar-refractivity contribution in [2.75, 3.05) is 23.3 Å². The van der Waals surface area contributed by atoms with Gasteiger partial charge >= 0.3 is 6.09 Å². The number of anilines is 2. The van der Waals surface area contributed by atoms with E-state index in [1.165, 1.54) is 0 Å². The van der Waals surface area contributed by atoms with Gasteiger partial charge in [0.15, 0.2) is 0 Å². The second-order valence-electron chi connectivity index (χ2n) is 8.21. The Bertz CT molecular complexity index is 997. The number of nitrogens with zero attached hydrogens (tertiary/aromatic N) is 3. The predicted molar refractivity (Wildman–Crippen MR) is 115 cm³/mol. The molecule has 2 N–H and O–H groups in total. The maximum absolute atomic E-state index is 12.4. The topological polar surface area (TPSA) is 83.1 Å². The van der Waals surface area contributed by atoms with Gasteiger partial charge in [-0.05, 0) is 49.3 Å². The number of pyridine rings is 1. The molecule has 30 heavy (non-hydrogen) atoms. The van der Waals surface area contributed by atoms with Crippen molar-refractivity contribution >= 4 is 17.6 Å². The summed E-state index contributed by atoms with van der Waals surface area (Å²) < 4.78 is 5.84. The second kappa shape index (κ2) is 7.82. The van der Waals surface area contributed by atoms with E-state index in [9.17, 15) is 4.79 Å². The number of carbonyl (C=O) groups is 1. The Morgan fingerprint density at radius 2 is 2.00 bits per heavy atom. The van der Waals surface area contributed by atoms with Gasteiger partial charge in [0.2, 0.25) is 0 Å². The van der Waals surface area contributed by atoms with E-state index >= 15 is 0 Å². The quantitative estimate of drug-likeness (QED) is 0.657. The Balaban J connectivity index is 1.15. The van der Waals surface area contributed by atoms with Crippen molar-refractivity contribution in [3.8, 4) is 11.3 Å². The summed E-state index contributed by atoms with van der Waals surface area (Å²) in [5.74, 6) is 1.41. The first kappa shape index (κ1) is 18.7. The number of H-pyrrole nitrogens is 1. The molecule has 2 fully saturated rings. The Labute approximate surface area is 175 Å². The highest BCUT2D eigenvalue weighted by atomic mass is 16.6. The van der Waals surface area contributed by atoms with Gasteiger partial charge in [0.05, 0.1) is 24.1 Å². The fourth-order valence-electron chi connectivity index (χ4n) is 4.43. The highest BCUT2D eigenvalue weighted by Gasteiger charge is 2.47. The summed E-state index contributed by atoms with van der Waals surface area (Å²) in [5.41, 5.74) is 2.57. The third-order valence-corrected chi connectivity index (χ3v) is 6.18. The van der Waals surface area contributed by atoms with E-state index in [-0.39, 0.29) is 11.7 Å². The highest BCUT2D eigenvalue weighted by molar-refractivity contribution is 5.90. The van der Waals surface area contributed by atoms with Gasteiger partial charge in [0, 0.05) is 18.8 Å². The molecule has 7 nitrogen and oxygen atoms in total. The molecule has 1 aliphatic carbocycles. The Morgan fingerprint density at radius 3 is 2.77 bits per heavy atom. The SMILES string of the molecule is O=C1O[C@]2(CC[C@H](CNc3cc(-c4ccccc4)[nH]n3)CC2)CN1c1cccnc1. The maximum Gasteiger partial charge on any atom is 0.415 e. The molecule has 3 heterocycles. The van der Waals surface area contributed by atoms with Gasteiger partial charge in [0.1, 0.15) is 11.4 Å². The average Bonchev–Trinajstić information content (AvgIpc) is 3.39. The van der Waals surface area contributed by atoms with Gasteiger partial charge < -0.3 is 10.1 Å². The largest absolute Gasteiger partial charge is 0.441 e. The first-order valence-corrected chi connectivity index (χ1v) is 10.5. The van der Waals surface area contributed by atoms with E-state index in [4.69, 9.17) is 4.74 Å². The fraction of sp³-hybridized carbons (Fsp3) is 0.348. The molecule has 1 spiro atoms. The Morgan fingerprint density at radius 1 is 1.17 bits per heavy atom. The third-order valence-electron chi connectivity index (χ3n) is 6.18. The Hall–Kier alpha value is -3.35. The van der Waals surface area contributed by atoms with Crippen LogP contribution in [0.3, 0.4) is 0 Å². The van der Waals surface area contributed by atoms with E-state index in [2.05, 4.69) is 32.6 Å². The summed E-state index contributed by atoms with van der Waals surface area (Å²) in [6.45, 7) is 1.48. The van der Waals surface area contributed by atoms with E-state index in [1.54, 1.807) is 17.3 Å². The minimum absolute atomic E-state index is 0.260. The summed E-state index contributed by atoms with van der Waals surface area (Å²) in [6, 6.07) is 16.0. The first-order valence-electron chi connectivity index (χ1n) is 10.5. The summed E-state index contributed by atoms with van der Waals surface area (Å²) >= 11 is 0. The van der Waals surface area contributed by atoms with Crippen molar-refractivity contribution in [3.63, 3.8) is 0 Å². The molecule has 1 saturated heterocycles. The number of hydrogen-bond acceptors (Lipinski definition) is 5. The van der Waals surface area contributed by atoms with Crippen molar-refractivity contribution in [3.05, 3.63) is 60.9 Å². The van der Waals surface area contributed by atoms with E-state index in [0.29, 0.717) is 12.5 Å². The van der Waals surface area contributed by atoms with E-state index in [1.807, 2.05) is 36.4 Å². The van der Waals surface area contributed by atoms with Gasteiger partial charge in [-0.3, -0.25) is 15.0 Å². The lowest BCUT2D eigenvalue weighted by molar-refractivity contribution is 0.0148. The third kappa shape index (κ3) is 3.75. The molecule has 7 heteroatoms. The molecule has 154 valence electrons. The molecular formula is C23H25N5O2. The van der Waals surface area contributed by atoms with Gasteiger partial charge in [-0.2, -0.15) is 5.10 Å². The van der Waals surface area contributed by atoms with Crippen LogP contribution < -0.4 is 10.2 Å². The van der Waals surface area contributed by atoms with Crippen LogP contribution in [-0.2, 0) is 4.74 Å². The maximum atomic E-state index is 12.4. The molecule has 2 aliphatic rings. The van der Waals surface area contributed by atoms with E-state index in [0.717, 1.165) is 55.0 Å². The van der Waals surface area contributed by atoms with Crippen LogP contribution in [0.2, 0.25) is 0 Å². The number of carbonyl (C=O) groups excluding carboxylic acids is 1. The summed E-state index contributed by atoms with van der Waals surface area (Å²) in [6.07, 6.45) is 6.98. The van der Waals surface area contributed by atoms with Crippen molar-refractivity contribution in [1.82, 2.24) is 15.2 Å². The van der Waals surface area contributed by atoms with Crippen molar-refractivity contribution in [2.45, 2.75) is 31.3 Å². The minimum Gasteiger partial charge on any atom is -0.441 e. The number of aromatic amines is 1. The molecule has 1 amide bonds. The monoisotopic (exact) mass is 403 g/mol. The molecule has 1 aliphatic heterocycles. The average molecular weight is 403 g/mol. The van der Waals surface area contributed by atoms with Gasteiger partial charge in [-0.15, -0.1) is 0 Å². The van der Waals surface area contributed by atoms with Gasteiger partial charge in [-0.25, -0.2) is 4.79 Å². The predicted octanol–water partition coefficient (Wildman–Crippen LogP) is 4.47. The van der Waals surface area contributed by atoms with Gasteiger partial charge in [0.25, 0.3) is 0 Å². The summed E-state index contributed by atoms with van der Waals surface area (Å²) in [5, 5.41) is 10.9. The Kier molecular flexibility index (Phi) is 4.86. The molecule has 1 saturated carbocycles. The number of rotatable bonds is 5. The molecule has 3 aromatic rings. The van der Waals surface area contributed by atoms with Crippen LogP contribution in [0.25, 0.3) is 11.3 Å². The second-order valence-corrected chi connectivity index (χ2v) is 8.21. The van der Waals surface area contributed by atoms with Crippen LogP contribution in [-0.4, -0.2) is 40.0 Å². The smallest absolute Gasteiger partial charge is 0.415 e. The zero-order valence-electron chi connectivity index (χ0n) is 16.8. The zero-order valence-corrected chi connectivity index (χ0v) is 16.8. The molecule has 5 rings (SSSR count). The van der Waals surface area contributed by atoms with Crippen LogP contribution in [0.4, 0.5) is 16.3 Å². The van der Waals surface area contributed by atoms with Crippen LogP contribution in [0.5, 0.6) is 0 Å². The van der Waals surface area contributed by atoms with Crippen LogP contribution >= 0.6 is 0 Å². The number of ether oxygens (including phenoxy) is 1. The van der Waals surface area contributed by atoms with Crippen LogP contribution in [0.15, 0.2) is 60.9 Å². The van der Waals surface area contributed by atoms with Gasteiger partial charge in [-0.1, -0.05) is 30.3 Å². The molecular weight excluding hydrogens is 378 g/mol. The molecule has 1 aromatic carbocycles. The normalized spacial score (nSPS) is 23.5. The van der Waals surface area contributed by atoms with Crippen molar-refractivity contribution in [1.29, 1.82) is 0 Å². The lowest BCUT2D eigenvalue weighted by atomic mass is 9.78. The lowest BCUT2D eigenvalue weighted by Crippen LogP contribution is -2.39. The van der Waals surface area contributed by atoms with Crippen molar-refractivity contribution in [2.24, 2.45) is 5.92 Å². The van der Waals surface area contributed by atoms with Crippen LogP contribution in [0, 0.1) is 5.92 Å². The zero-order chi connectivity index (χ0) is 20.4. The molecule has 0 radical (unpaired) electrons. The lowest BCUT2D eigenvalue weighted by Gasteiger charge is -2.35.